The molecule has 0 unspecified atom stereocenters. The van der Waals surface area contributed by atoms with Gasteiger partial charge in [-0.25, -0.2) is 0 Å². The standard InChI is InChI=1S/C16H17Cl2N7/c17-7-9-24(10-8-18)14-3-1-13(2-4-14)11-19-21-15-5-6-16-22-20-12-25(16)23-15/h1-6,11-12H,7-10H2,(H,21,23)/p+1. The van der Waals surface area contributed by atoms with Crippen LogP contribution in [-0.2, 0) is 0 Å². The highest BCUT2D eigenvalue weighted by molar-refractivity contribution is 6.18. The Morgan fingerprint density at radius 3 is 2.60 bits per heavy atom. The summed E-state index contributed by atoms with van der Waals surface area (Å²) in [4.78, 5) is 2.15. The Hall–Kier alpha value is -2.38. The maximum absolute atomic E-state index is 5.84. The Balaban J connectivity index is 1.62. The molecule has 0 saturated carbocycles. The van der Waals surface area contributed by atoms with Crippen molar-refractivity contribution in [2.75, 3.05) is 35.2 Å². The molecule has 0 spiro atoms. The molecule has 1 aromatic carbocycles. The largest absolute Gasteiger partial charge is 0.369 e. The van der Waals surface area contributed by atoms with E-state index in [9.17, 15) is 0 Å². The van der Waals surface area contributed by atoms with Gasteiger partial charge in [-0.05, 0) is 23.8 Å². The van der Waals surface area contributed by atoms with Crippen molar-refractivity contribution in [2.45, 2.75) is 0 Å². The highest BCUT2D eigenvalue weighted by Crippen LogP contribution is 2.15. The Bertz CT molecular complexity index is 826. The number of halogens is 2. The first-order chi connectivity index (χ1) is 12.3. The number of hydrazone groups is 1. The molecule has 2 heterocycles. The molecule has 0 atom stereocenters. The molecular weight excluding hydrogens is 361 g/mol. The van der Waals surface area contributed by atoms with Gasteiger partial charge < -0.3 is 4.90 Å². The van der Waals surface area contributed by atoms with Crippen LogP contribution in [0.4, 0.5) is 11.5 Å². The Kier molecular flexibility index (Phi) is 6.03. The molecule has 25 heavy (non-hydrogen) atoms. The topological polar surface area (TPSA) is 73.3 Å². The van der Waals surface area contributed by atoms with Crippen LogP contribution in [0.3, 0.4) is 0 Å². The number of H-pyrrole nitrogens is 1. The number of nitrogens with one attached hydrogen (secondary N) is 2. The molecule has 130 valence electrons. The van der Waals surface area contributed by atoms with Crippen LogP contribution in [0.25, 0.3) is 5.65 Å². The van der Waals surface area contributed by atoms with Crippen LogP contribution < -0.4 is 14.8 Å². The summed E-state index contributed by atoms with van der Waals surface area (Å²) in [6.07, 6.45) is 3.40. The Labute approximate surface area is 155 Å². The summed E-state index contributed by atoms with van der Waals surface area (Å²) in [5.41, 5.74) is 5.71. The SMILES string of the molecule is ClCCN(CCCl)c1ccc(C=NNc2ccc3n[nH]c[n+]3n2)cc1. The van der Waals surface area contributed by atoms with E-state index in [-0.39, 0.29) is 0 Å². The smallest absolute Gasteiger partial charge is 0.325 e. The molecule has 0 fully saturated rings. The first-order valence-electron chi connectivity index (χ1n) is 7.78. The monoisotopic (exact) mass is 378 g/mol. The maximum Gasteiger partial charge on any atom is 0.325 e. The van der Waals surface area contributed by atoms with Gasteiger partial charge in [0.15, 0.2) is 5.82 Å². The fraction of sp³-hybridized carbons (Fsp3) is 0.250. The molecule has 9 heteroatoms. The Morgan fingerprint density at radius 2 is 1.88 bits per heavy atom. The molecular formula is C16H18Cl2N7+. The molecule has 0 radical (unpaired) electrons. The maximum atomic E-state index is 5.84. The van der Waals surface area contributed by atoms with Crippen molar-refractivity contribution in [1.29, 1.82) is 0 Å². The van der Waals surface area contributed by atoms with E-state index in [2.05, 4.69) is 30.7 Å². The van der Waals surface area contributed by atoms with E-state index in [1.807, 2.05) is 36.4 Å². The van der Waals surface area contributed by atoms with Gasteiger partial charge in [-0.1, -0.05) is 17.2 Å². The van der Waals surface area contributed by atoms with Gasteiger partial charge >= 0.3 is 5.65 Å². The van der Waals surface area contributed by atoms with Crippen molar-refractivity contribution in [3.8, 4) is 0 Å². The van der Waals surface area contributed by atoms with E-state index >= 15 is 0 Å². The molecule has 3 rings (SSSR count). The molecule has 7 nitrogen and oxygen atoms in total. The first kappa shape index (κ1) is 17.4. The summed E-state index contributed by atoms with van der Waals surface area (Å²) in [6, 6.07) is 11.7. The number of nitrogens with zero attached hydrogens (tertiary/aromatic N) is 5. The first-order valence-corrected chi connectivity index (χ1v) is 8.85. The molecule has 2 aromatic heterocycles. The second-order valence-electron chi connectivity index (χ2n) is 5.22. The van der Waals surface area contributed by atoms with Gasteiger partial charge in [0.2, 0.25) is 6.33 Å². The second-order valence-corrected chi connectivity index (χ2v) is 5.97. The summed E-state index contributed by atoms with van der Waals surface area (Å²) < 4.78 is 1.63. The van der Waals surface area contributed by atoms with Crippen molar-refractivity contribution >= 4 is 46.6 Å². The van der Waals surface area contributed by atoms with E-state index in [4.69, 9.17) is 23.2 Å². The number of rotatable bonds is 8. The van der Waals surface area contributed by atoms with Crippen molar-refractivity contribution in [3.63, 3.8) is 0 Å². The number of hydrogen-bond acceptors (Lipinski definition) is 5. The molecule has 0 amide bonds. The molecule has 0 bridgehead atoms. The van der Waals surface area contributed by atoms with E-state index in [0.717, 1.165) is 30.0 Å². The van der Waals surface area contributed by atoms with Crippen LogP contribution in [0.15, 0.2) is 47.8 Å². The molecule has 2 N–H and O–H groups in total. The number of hydrogen-bond donors (Lipinski definition) is 2. The summed E-state index contributed by atoms with van der Waals surface area (Å²) >= 11 is 11.7. The summed E-state index contributed by atoms with van der Waals surface area (Å²) in [7, 11) is 0. The van der Waals surface area contributed by atoms with Gasteiger partial charge in [0, 0.05) is 41.7 Å². The summed E-state index contributed by atoms with van der Waals surface area (Å²) in [5, 5.41) is 15.3. The molecule has 0 aliphatic heterocycles. The normalized spacial score (nSPS) is 11.3. The van der Waals surface area contributed by atoms with Crippen LogP contribution >= 0.6 is 23.2 Å². The van der Waals surface area contributed by atoms with Crippen molar-refractivity contribution in [1.82, 2.24) is 15.3 Å². The fourth-order valence-corrected chi connectivity index (χ4v) is 2.75. The lowest BCUT2D eigenvalue weighted by molar-refractivity contribution is -0.579. The third-order valence-corrected chi connectivity index (χ3v) is 3.90. The van der Waals surface area contributed by atoms with Crippen LogP contribution in [-0.4, -0.2) is 46.4 Å². The number of alkyl halides is 2. The minimum Gasteiger partial charge on any atom is -0.369 e. The average Bonchev–Trinajstić information content (AvgIpc) is 3.10. The van der Waals surface area contributed by atoms with Gasteiger partial charge in [-0.3, -0.25) is 5.43 Å². The second kappa shape index (κ2) is 8.64. The molecule has 0 aliphatic rings. The van der Waals surface area contributed by atoms with Crippen molar-refractivity contribution in [3.05, 3.63) is 48.3 Å². The number of anilines is 2. The van der Waals surface area contributed by atoms with Crippen LogP contribution in [0.2, 0.25) is 0 Å². The third-order valence-electron chi connectivity index (χ3n) is 3.56. The number of aromatic nitrogens is 4. The van der Waals surface area contributed by atoms with Gasteiger partial charge in [0.05, 0.1) is 6.21 Å². The quantitative estimate of drug-likeness (QED) is 0.273. The lowest BCUT2D eigenvalue weighted by atomic mass is 10.2. The van der Waals surface area contributed by atoms with Crippen LogP contribution in [0.1, 0.15) is 5.56 Å². The van der Waals surface area contributed by atoms with Gasteiger partial charge in [0.25, 0.3) is 0 Å². The summed E-state index contributed by atoms with van der Waals surface area (Å²) in [5.74, 6) is 1.76. The molecule has 3 aromatic rings. The van der Waals surface area contributed by atoms with Crippen molar-refractivity contribution < 1.29 is 4.52 Å². The highest BCUT2D eigenvalue weighted by atomic mass is 35.5. The van der Waals surface area contributed by atoms with Crippen molar-refractivity contribution in [2.24, 2.45) is 5.10 Å². The lowest BCUT2D eigenvalue weighted by Crippen LogP contribution is -2.27. The van der Waals surface area contributed by atoms with Crippen LogP contribution in [0, 0.1) is 0 Å². The van der Waals surface area contributed by atoms with E-state index in [0.29, 0.717) is 17.6 Å². The molecule has 0 saturated heterocycles. The van der Waals surface area contributed by atoms with E-state index < -0.39 is 0 Å². The number of fused-ring (bicyclic) bond motifs is 1. The minimum atomic E-state index is 0.566. The zero-order valence-electron chi connectivity index (χ0n) is 13.4. The van der Waals surface area contributed by atoms with Gasteiger partial charge in [-0.15, -0.1) is 32.8 Å². The predicted octanol–water partition coefficient (Wildman–Crippen LogP) is 2.27. The minimum absolute atomic E-state index is 0.566. The van der Waals surface area contributed by atoms with Gasteiger partial charge in [0.1, 0.15) is 0 Å². The summed E-state index contributed by atoms with van der Waals surface area (Å²) in [6.45, 7) is 1.53. The Morgan fingerprint density at radius 1 is 1.12 bits per heavy atom. The van der Waals surface area contributed by atoms with E-state index in [1.165, 1.54) is 0 Å². The molecule has 0 aliphatic carbocycles. The average molecular weight is 379 g/mol. The predicted molar refractivity (Wildman–Crippen MR) is 101 cm³/mol. The van der Waals surface area contributed by atoms with Gasteiger partial charge in [-0.2, -0.15) is 5.10 Å². The zero-order valence-corrected chi connectivity index (χ0v) is 15.0. The number of benzene rings is 1. The highest BCUT2D eigenvalue weighted by Gasteiger charge is 2.05. The zero-order chi connectivity index (χ0) is 17.5. The lowest BCUT2D eigenvalue weighted by Gasteiger charge is -2.22. The fourth-order valence-electron chi connectivity index (χ4n) is 2.34. The number of aromatic amines is 1. The van der Waals surface area contributed by atoms with Crippen LogP contribution in [0.5, 0.6) is 0 Å². The third kappa shape index (κ3) is 4.58. The van der Waals surface area contributed by atoms with E-state index in [1.54, 1.807) is 17.1 Å².